The second-order valence-electron chi connectivity index (χ2n) is 7.03. The van der Waals surface area contributed by atoms with Crippen molar-refractivity contribution in [3.05, 3.63) is 29.9 Å². The quantitative estimate of drug-likeness (QED) is 0.820. The molecular weight excluding hydrogens is 334 g/mol. The molecule has 0 bridgehead atoms. The third-order valence-electron chi connectivity index (χ3n) is 4.94. The topological polar surface area (TPSA) is 97.9 Å². The Kier molecular flexibility index (Phi) is 4.44. The van der Waals surface area contributed by atoms with Crippen LogP contribution in [0.1, 0.15) is 41.4 Å². The number of aromatic nitrogens is 5. The molecule has 0 aromatic carbocycles. The molecule has 3 heterocycles. The summed E-state index contributed by atoms with van der Waals surface area (Å²) in [6, 6.07) is 0. The van der Waals surface area contributed by atoms with Crippen molar-refractivity contribution in [2.75, 3.05) is 13.1 Å². The molecule has 2 amide bonds. The predicted molar refractivity (Wildman–Crippen MR) is 92.0 cm³/mol. The van der Waals surface area contributed by atoms with Crippen LogP contribution in [-0.4, -0.2) is 54.1 Å². The Morgan fingerprint density at radius 3 is 2.81 bits per heavy atom. The van der Waals surface area contributed by atoms with Crippen molar-refractivity contribution < 1.29 is 9.59 Å². The first kappa shape index (κ1) is 16.7. The number of rotatable bonds is 5. The highest BCUT2D eigenvalue weighted by Gasteiger charge is 2.26. The number of amides is 2. The minimum absolute atomic E-state index is 0.106. The number of hydrogen-bond acceptors (Lipinski definition) is 5. The molecule has 1 fully saturated rings. The van der Waals surface area contributed by atoms with E-state index in [1.807, 2.05) is 6.20 Å². The highest BCUT2D eigenvalue weighted by Crippen LogP contribution is 2.32. The van der Waals surface area contributed by atoms with Crippen LogP contribution in [0.4, 0.5) is 0 Å². The van der Waals surface area contributed by atoms with Crippen LogP contribution in [0, 0.1) is 5.92 Å². The average molecular weight is 357 g/mol. The van der Waals surface area contributed by atoms with E-state index >= 15 is 0 Å². The molecular formula is C17H23N7O2. The van der Waals surface area contributed by atoms with Gasteiger partial charge in [-0.05, 0) is 18.8 Å². The number of nitrogens with one attached hydrogen (secondary N) is 1. The SMILES string of the molecule is Cn1cnc(C(=O)N2CCc3ncc(CNC(=O)CC4CC4)n3CC2)n1. The van der Waals surface area contributed by atoms with Crippen molar-refractivity contribution in [2.24, 2.45) is 13.0 Å². The zero-order valence-electron chi connectivity index (χ0n) is 14.9. The van der Waals surface area contributed by atoms with Crippen molar-refractivity contribution in [3.8, 4) is 0 Å². The highest BCUT2D eigenvalue weighted by molar-refractivity contribution is 5.90. The number of imidazole rings is 1. The summed E-state index contributed by atoms with van der Waals surface area (Å²) in [5.41, 5.74) is 0.981. The van der Waals surface area contributed by atoms with Crippen LogP contribution in [0.3, 0.4) is 0 Å². The van der Waals surface area contributed by atoms with Crippen molar-refractivity contribution in [1.29, 1.82) is 0 Å². The van der Waals surface area contributed by atoms with Crippen LogP contribution in [0.5, 0.6) is 0 Å². The molecule has 2 aliphatic rings. The van der Waals surface area contributed by atoms with Crippen LogP contribution >= 0.6 is 0 Å². The maximum atomic E-state index is 12.5. The maximum Gasteiger partial charge on any atom is 0.293 e. The summed E-state index contributed by atoms with van der Waals surface area (Å²) in [5.74, 6) is 1.70. The van der Waals surface area contributed by atoms with Gasteiger partial charge in [-0.25, -0.2) is 9.97 Å². The highest BCUT2D eigenvalue weighted by atomic mass is 16.2. The van der Waals surface area contributed by atoms with E-state index in [0.717, 1.165) is 11.5 Å². The molecule has 0 saturated heterocycles. The molecule has 2 aromatic rings. The first-order valence-corrected chi connectivity index (χ1v) is 9.05. The van der Waals surface area contributed by atoms with Gasteiger partial charge in [-0.3, -0.25) is 14.3 Å². The van der Waals surface area contributed by atoms with Crippen LogP contribution in [0.15, 0.2) is 12.5 Å². The van der Waals surface area contributed by atoms with Gasteiger partial charge in [0, 0.05) is 39.5 Å². The minimum atomic E-state index is -0.157. The predicted octanol–water partition coefficient (Wildman–Crippen LogP) is 0.126. The van der Waals surface area contributed by atoms with Crippen LogP contribution in [0.25, 0.3) is 0 Å². The lowest BCUT2D eigenvalue weighted by molar-refractivity contribution is -0.121. The first-order chi connectivity index (χ1) is 12.6. The third-order valence-corrected chi connectivity index (χ3v) is 4.94. The fourth-order valence-electron chi connectivity index (χ4n) is 3.26. The average Bonchev–Trinajstić information content (AvgIpc) is 3.26. The standard InChI is InChI=1S/C17H23N7O2/c1-22-11-20-16(21-22)17(26)23-5-4-14-18-9-13(24(14)7-6-23)10-19-15(25)8-12-2-3-12/h9,11-12H,2-8,10H2,1H3,(H,19,25). The molecule has 1 aliphatic carbocycles. The lowest BCUT2D eigenvalue weighted by Crippen LogP contribution is -2.34. The smallest absolute Gasteiger partial charge is 0.293 e. The zero-order valence-corrected chi connectivity index (χ0v) is 14.9. The molecule has 0 radical (unpaired) electrons. The van der Waals surface area contributed by atoms with Gasteiger partial charge in [0.2, 0.25) is 11.7 Å². The van der Waals surface area contributed by atoms with Gasteiger partial charge in [-0.1, -0.05) is 0 Å². The first-order valence-electron chi connectivity index (χ1n) is 9.05. The molecule has 9 heteroatoms. The third kappa shape index (κ3) is 3.61. The summed E-state index contributed by atoms with van der Waals surface area (Å²) in [4.78, 5) is 34.7. The molecule has 9 nitrogen and oxygen atoms in total. The van der Waals surface area contributed by atoms with Crippen molar-refractivity contribution in [3.63, 3.8) is 0 Å². The molecule has 26 heavy (non-hydrogen) atoms. The van der Waals surface area contributed by atoms with Gasteiger partial charge in [0.15, 0.2) is 0 Å². The van der Waals surface area contributed by atoms with Crippen molar-refractivity contribution >= 4 is 11.8 Å². The van der Waals surface area contributed by atoms with E-state index in [4.69, 9.17) is 0 Å². The van der Waals surface area contributed by atoms with E-state index in [1.165, 1.54) is 23.9 Å². The largest absolute Gasteiger partial charge is 0.350 e. The lowest BCUT2D eigenvalue weighted by atomic mass is 10.3. The van der Waals surface area contributed by atoms with Gasteiger partial charge in [0.05, 0.1) is 18.4 Å². The van der Waals surface area contributed by atoms with Gasteiger partial charge in [0.25, 0.3) is 5.91 Å². The summed E-state index contributed by atoms with van der Waals surface area (Å²) >= 11 is 0. The zero-order chi connectivity index (χ0) is 18.1. The second-order valence-corrected chi connectivity index (χ2v) is 7.03. The molecule has 2 aromatic heterocycles. The minimum Gasteiger partial charge on any atom is -0.350 e. The fraction of sp³-hybridized carbons (Fsp3) is 0.588. The maximum absolute atomic E-state index is 12.5. The number of aryl methyl sites for hydroxylation is 1. The van der Waals surface area contributed by atoms with E-state index in [1.54, 1.807) is 11.9 Å². The van der Waals surface area contributed by atoms with Gasteiger partial charge >= 0.3 is 0 Å². The monoisotopic (exact) mass is 357 g/mol. The number of fused-ring (bicyclic) bond motifs is 1. The normalized spacial score (nSPS) is 16.9. The number of carbonyl (C=O) groups is 2. The van der Waals surface area contributed by atoms with E-state index in [9.17, 15) is 9.59 Å². The van der Waals surface area contributed by atoms with Gasteiger partial charge in [-0.15, -0.1) is 5.10 Å². The number of nitrogens with zero attached hydrogens (tertiary/aromatic N) is 6. The molecule has 1 saturated carbocycles. The Morgan fingerprint density at radius 1 is 1.23 bits per heavy atom. The Hall–Kier alpha value is -2.71. The van der Waals surface area contributed by atoms with Gasteiger partial charge < -0.3 is 14.8 Å². The number of carbonyl (C=O) groups excluding carboxylic acids is 2. The Morgan fingerprint density at radius 2 is 2.08 bits per heavy atom. The summed E-state index contributed by atoms with van der Waals surface area (Å²) in [5, 5.41) is 7.08. The summed E-state index contributed by atoms with van der Waals surface area (Å²) in [6.45, 7) is 2.29. The van der Waals surface area contributed by atoms with Gasteiger partial charge in [-0.2, -0.15) is 0 Å². The molecule has 0 atom stereocenters. The van der Waals surface area contributed by atoms with E-state index < -0.39 is 0 Å². The van der Waals surface area contributed by atoms with Crippen molar-refractivity contribution in [1.82, 2.24) is 34.5 Å². The number of hydrogen-bond donors (Lipinski definition) is 1. The summed E-state index contributed by atoms with van der Waals surface area (Å²) < 4.78 is 3.63. The fourth-order valence-corrected chi connectivity index (χ4v) is 3.26. The van der Waals surface area contributed by atoms with Gasteiger partial charge in [0.1, 0.15) is 12.2 Å². The summed E-state index contributed by atoms with van der Waals surface area (Å²) in [6.07, 6.45) is 6.99. The van der Waals surface area contributed by atoms with Crippen molar-refractivity contribution in [2.45, 2.75) is 38.8 Å². The molecule has 1 aliphatic heterocycles. The molecule has 4 rings (SSSR count). The Labute approximate surface area is 151 Å². The van der Waals surface area contributed by atoms with E-state index in [-0.39, 0.29) is 17.6 Å². The summed E-state index contributed by atoms with van der Waals surface area (Å²) in [7, 11) is 1.74. The van der Waals surface area contributed by atoms with Crippen LogP contribution in [0.2, 0.25) is 0 Å². The van der Waals surface area contributed by atoms with Crippen LogP contribution in [-0.2, 0) is 31.4 Å². The Bertz CT molecular complexity index is 821. The molecule has 0 spiro atoms. The second kappa shape index (κ2) is 6.89. The van der Waals surface area contributed by atoms with E-state index in [2.05, 4.69) is 25.0 Å². The molecule has 1 N–H and O–H groups in total. The molecule has 0 unspecified atom stereocenters. The van der Waals surface area contributed by atoms with E-state index in [0.29, 0.717) is 44.9 Å². The Balaban J connectivity index is 1.37. The lowest BCUT2D eigenvalue weighted by Gasteiger charge is -2.18. The van der Waals surface area contributed by atoms with Crippen LogP contribution < -0.4 is 5.32 Å². The molecule has 138 valence electrons.